The van der Waals surface area contributed by atoms with Gasteiger partial charge in [-0.1, -0.05) is 30.3 Å². The second-order valence-electron chi connectivity index (χ2n) is 4.75. The highest BCUT2D eigenvalue weighted by Gasteiger charge is 2.06. The highest BCUT2D eigenvalue weighted by atomic mass is 16.3. The minimum absolute atomic E-state index is 0.231. The van der Waals surface area contributed by atoms with Crippen molar-refractivity contribution in [1.82, 2.24) is 9.97 Å². The lowest BCUT2D eigenvalue weighted by Crippen LogP contribution is -2.02. The highest BCUT2D eigenvalue weighted by molar-refractivity contribution is 5.67. The second kappa shape index (κ2) is 6.13. The molecule has 5 heteroatoms. The lowest BCUT2D eigenvalue weighted by Gasteiger charge is -2.10. The van der Waals surface area contributed by atoms with Gasteiger partial charge in [0, 0.05) is 24.4 Å². The van der Waals surface area contributed by atoms with Gasteiger partial charge in [0.25, 0.3) is 0 Å². The van der Waals surface area contributed by atoms with Crippen LogP contribution in [0.2, 0.25) is 0 Å². The third kappa shape index (κ3) is 3.15. The van der Waals surface area contributed by atoms with Crippen LogP contribution >= 0.6 is 0 Å². The fourth-order valence-corrected chi connectivity index (χ4v) is 2.07. The molecule has 2 aromatic carbocycles. The molecule has 0 spiro atoms. The van der Waals surface area contributed by atoms with Gasteiger partial charge in [0.2, 0.25) is 5.95 Å². The van der Waals surface area contributed by atoms with Crippen LogP contribution in [-0.2, 0) is 0 Å². The minimum atomic E-state index is 0.231. The van der Waals surface area contributed by atoms with Gasteiger partial charge in [-0.05, 0) is 24.3 Å². The van der Waals surface area contributed by atoms with E-state index in [0.29, 0.717) is 11.8 Å². The predicted octanol–water partition coefficient (Wildman–Crippen LogP) is 3.63. The maximum atomic E-state index is 9.33. The van der Waals surface area contributed by atoms with Crippen LogP contribution in [0.3, 0.4) is 0 Å². The number of nitrogens with one attached hydrogen (secondary N) is 2. The fraction of sp³-hybridized carbons (Fsp3) is 0.0588. The van der Waals surface area contributed by atoms with Crippen molar-refractivity contribution in [2.24, 2.45) is 0 Å². The van der Waals surface area contributed by atoms with E-state index in [4.69, 9.17) is 0 Å². The van der Waals surface area contributed by atoms with Gasteiger partial charge in [0.1, 0.15) is 11.6 Å². The Morgan fingerprint density at radius 3 is 2.32 bits per heavy atom. The molecule has 0 atom stereocenters. The summed E-state index contributed by atoms with van der Waals surface area (Å²) >= 11 is 0. The van der Waals surface area contributed by atoms with Gasteiger partial charge in [0.15, 0.2) is 0 Å². The number of phenolic OH excluding ortho intramolecular Hbond substituents is 1. The van der Waals surface area contributed by atoms with Gasteiger partial charge < -0.3 is 15.7 Å². The van der Waals surface area contributed by atoms with Crippen LogP contribution < -0.4 is 10.6 Å². The molecule has 0 unspecified atom stereocenters. The molecule has 3 aromatic rings. The Labute approximate surface area is 128 Å². The maximum Gasteiger partial charge on any atom is 0.224 e. The van der Waals surface area contributed by atoms with Crippen LogP contribution in [0.15, 0.2) is 60.7 Å². The number of phenols is 1. The first-order valence-electron chi connectivity index (χ1n) is 6.93. The van der Waals surface area contributed by atoms with E-state index in [2.05, 4.69) is 20.6 Å². The summed E-state index contributed by atoms with van der Waals surface area (Å²) in [6.07, 6.45) is 0. The quantitative estimate of drug-likeness (QED) is 0.640. The van der Waals surface area contributed by atoms with E-state index >= 15 is 0 Å². The Kier molecular flexibility index (Phi) is 3.87. The second-order valence-corrected chi connectivity index (χ2v) is 4.75. The molecule has 1 aromatic heterocycles. The van der Waals surface area contributed by atoms with E-state index in [9.17, 15) is 5.11 Å². The first-order chi connectivity index (χ1) is 10.7. The van der Waals surface area contributed by atoms with Gasteiger partial charge in [-0.2, -0.15) is 4.98 Å². The molecule has 3 rings (SSSR count). The van der Waals surface area contributed by atoms with Crippen LogP contribution in [0.25, 0.3) is 11.3 Å². The molecule has 0 bridgehead atoms. The van der Waals surface area contributed by atoms with Crippen molar-refractivity contribution in [3.63, 3.8) is 0 Å². The zero-order valence-corrected chi connectivity index (χ0v) is 12.1. The zero-order valence-electron chi connectivity index (χ0n) is 12.1. The molecular formula is C17H16N4O. The Hall–Kier alpha value is -3.08. The Morgan fingerprint density at radius 1 is 0.909 bits per heavy atom. The number of hydrogen-bond donors (Lipinski definition) is 3. The number of aromatic nitrogens is 2. The van der Waals surface area contributed by atoms with Crippen molar-refractivity contribution in [2.75, 3.05) is 17.7 Å². The number of benzene rings is 2. The third-order valence-electron chi connectivity index (χ3n) is 3.16. The molecule has 5 nitrogen and oxygen atoms in total. The molecular weight excluding hydrogens is 276 g/mol. The van der Waals surface area contributed by atoms with Gasteiger partial charge in [-0.3, -0.25) is 0 Å². The van der Waals surface area contributed by atoms with E-state index in [1.54, 1.807) is 31.3 Å². The number of nitrogens with zero attached hydrogens (tertiary/aromatic N) is 2. The van der Waals surface area contributed by atoms with Crippen LogP contribution in [0.1, 0.15) is 0 Å². The van der Waals surface area contributed by atoms with Gasteiger partial charge in [-0.15, -0.1) is 0 Å². The number of aromatic hydroxyl groups is 1. The van der Waals surface area contributed by atoms with Crippen molar-refractivity contribution >= 4 is 17.5 Å². The summed E-state index contributed by atoms with van der Waals surface area (Å²) in [5, 5.41) is 15.5. The molecule has 0 radical (unpaired) electrons. The maximum absolute atomic E-state index is 9.33. The highest BCUT2D eigenvalue weighted by Crippen LogP contribution is 2.24. The van der Waals surface area contributed by atoms with E-state index in [1.165, 1.54) is 0 Å². The first kappa shape index (κ1) is 13.9. The van der Waals surface area contributed by atoms with E-state index < -0.39 is 0 Å². The molecule has 22 heavy (non-hydrogen) atoms. The topological polar surface area (TPSA) is 70.1 Å². The molecule has 0 saturated carbocycles. The molecule has 3 N–H and O–H groups in total. The van der Waals surface area contributed by atoms with Crippen molar-refractivity contribution in [2.45, 2.75) is 0 Å². The normalized spacial score (nSPS) is 10.2. The summed E-state index contributed by atoms with van der Waals surface area (Å²) in [5.74, 6) is 1.46. The average molecular weight is 292 g/mol. The Balaban J connectivity index is 1.95. The predicted molar refractivity (Wildman–Crippen MR) is 88.4 cm³/mol. The van der Waals surface area contributed by atoms with Crippen LogP contribution in [0.4, 0.5) is 17.5 Å². The largest absolute Gasteiger partial charge is 0.508 e. The summed E-state index contributed by atoms with van der Waals surface area (Å²) in [5.41, 5.74) is 2.70. The summed E-state index contributed by atoms with van der Waals surface area (Å²) < 4.78 is 0. The lowest BCUT2D eigenvalue weighted by molar-refractivity contribution is 0.475. The van der Waals surface area contributed by atoms with Gasteiger partial charge in [0.05, 0.1) is 5.69 Å². The summed E-state index contributed by atoms with van der Waals surface area (Å²) in [6, 6.07) is 18.7. The number of hydrogen-bond acceptors (Lipinski definition) is 5. The molecule has 0 aliphatic heterocycles. The standard InChI is InChI=1S/C17H16N4O/c1-18-17-20-15(12-5-3-2-4-6-12)11-16(21-17)19-13-7-9-14(22)10-8-13/h2-11,22H,1H3,(H2,18,19,20,21). The van der Waals surface area contributed by atoms with Crippen LogP contribution in [0.5, 0.6) is 5.75 Å². The average Bonchev–Trinajstić information content (AvgIpc) is 2.57. The molecule has 0 aliphatic carbocycles. The Bertz CT molecular complexity index is 757. The molecule has 0 saturated heterocycles. The molecule has 1 heterocycles. The van der Waals surface area contributed by atoms with Crippen molar-refractivity contribution in [3.8, 4) is 17.0 Å². The molecule has 110 valence electrons. The fourth-order valence-electron chi connectivity index (χ4n) is 2.07. The van der Waals surface area contributed by atoms with Gasteiger partial charge >= 0.3 is 0 Å². The smallest absolute Gasteiger partial charge is 0.224 e. The van der Waals surface area contributed by atoms with Crippen molar-refractivity contribution in [3.05, 3.63) is 60.7 Å². The van der Waals surface area contributed by atoms with E-state index in [1.807, 2.05) is 36.4 Å². The van der Waals surface area contributed by atoms with Crippen molar-refractivity contribution in [1.29, 1.82) is 0 Å². The van der Waals surface area contributed by atoms with Crippen LogP contribution in [0, 0.1) is 0 Å². The zero-order chi connectivity index (χ0) is 15.4. The molecule has 0 amide bonds. The number of rotatable bonds is 4. The molecule has 0 aliphatic rings. The number of anilines is 3. The third-order valence-corrected chi connectivity index (χ3v) is 3.16. The van der Waals surface area contributed by atoms with Crippen molar-refractivity contribution < 1.29 is 5.11 Å². The van der Waals surface area contributed by atoms with E-state index in [-0.39, 0.29) is 5.75 Å². The minimum Gasteiger partial charge on any atom is -0.508 e. The molecule has 0 fully saturated rings. The van der Waals surface area contributed by atoms with E-state index in [0.717, 1.165) is 16.9 Å². The Morgan fingerprint density at radius 2 is 1.64 bits per heavy atom. The first-order valence-corrected chi connectivity index (χ1v) is 6.93. The summed E-state index contributed by atoms with van der Waals surface area (Å²) in [4.78, 5) is 8.87. The monoisotopic (exact) mass is 292 g/mol. The van der Waals surface area contributed by atoms with Crippen LogP contribution in [-0.4, -0.2) is 22.1 Å². The summed E-state index contributed by atoms with van der Waals surface area (Å²) in [6.45, 7) is 0. The lowest BCUT2D eigenvalue weighted by atomic mass is 10.1. The summed E-state index contributed by atoms with van der Waals surface area (Å²) in [7, 11) is 1.79. The van der Waals surface area contributed by atoms with Gasteiger partial charge in [-0.25, -0.2) is 4.98 Å². The SMILES string of the molecule is CNc1nc(Nc2ccc(O)cc2)cc(-c2ccccc2)n1.